The molecule has 0 aliphatic carbocycles. The highest BCUT2D eigenvalue weighted by Gasteiger charge is 2.11. The molecule has 0 fully saturated rings. The molecule has 0 aliphatic rings. The van der Waals surface area contributed by atoms with E-state index in [9.17, 15) is 0 Å². The second kappa shape index (κ2) is 7.32. The summed E-state index contributed by atoms with van der Waals surface area (Å²) >= 11 is 6.23. The summed E-state index contributed by atoms with van der Waals surface area (Å²) < 4.78 is 5.27. The van der Waals surface area contributed by atoms with Crippen LogP contribution in [0.1, 0.15) is 11.1 Å². The molecule has 2 aromatic rings. The average Bonchev–Trinajstić information content (AvgIpc) is 2.49. The zero-order valence-electron chi connectivity index (χ0n) is 11.9. The smallest absolute Gasteiger partial charge is 0.119 e. The van der Waals surface area contributed by atoms with Gasteiger partial charge in [-0.2, -0.15) is 0 Å². The summed E-state index contributed by atoms with van der Waals surface area (Å²) in [6.07, 6.45) is 1.85. The molecule has 3 heteroatoms. The quantitative estimate of drug-likeness (QED) is 0.875. The molecule has 0 aromatic heterocycles. The highest BCUT2D eigenvalue weighted by molar-refractivity contribution is 6.31. The van der Waals surface area contributed by atoms with E-state index in [1.807, 2.05) is 37.4 Å². The van der Waals surface area contributed by atoms with Crippen LogP contribution in [0.2, 0.25) is 5.02 Å². The molecule has 1 unspecified atom stereocenters. The van der Waals surface area contributed by atoms with Crippen molar-refractivity contribution in [2.24, 2.45) is 0 Å². The van der Waals surface area contributed by atoms with Crippen LogP contribution in [0.5, 0.6) is 5.75 Å². The SMILES string of the molecule is CNC(Cc1cccc(OC)c1)Cc1ccccc1Cl. The monoisotopic (exact) mass is 289 g/mol. The predicted octanol–water partition coefficient (Wildman–Crippen LogP) is 3.72. The van der Waals surface area contributed by atoms with Crippen molar-refractivity contribution in [2.75, 3.05) is 14.2 Å². The number of likely N-dealkylation sites (N-methyl/N-ethyl adjacent to an activating group) is 1. The molecule has 2 aromatic carbocycles. The van der Waals surface area contributed by atoms with E-state index in [2.05, 4.69) is 23.5 Å². The first-order valence-corrected chi connectivity index (χ1v) is 7.14. The minimum Gasteiger partial charge on any atom is -0.497 e. The lowest BCUT2D eigenvalue weighted by Crippen LogP contribution is -2.30. The average molecular weight is 290 g/mol. The lowest BCUT2D eigenvalue weighted by molar-refractivity contribution is 0.414. The molecule has 0 saturated heterocycles. The number of methoxy groups -OCH3 is 1. The normalized spacial score (nSPS) is 12.2. The molecule has 0 heterocycles. The summed E-state index contributed by atoms with van der Waals surface area (Å²) in [7, 11) is 3.68. The molecule has 20 heavy (non-hydrogen) atoms. The Morgan fingerprint density at radius 3 is 2.60 bits per heavy atom. The van der Waals surface area contributed by atoms with Crippen LogP contribution >= 0.6 is 11.6 Å². The van der Waals surface area contributed by atoms with Crippen molar-refractivity contribution >= 4 is 11.6 Å². The van der Waals surface area contributed by atoms with Gasteiger partial charge in [-0.15, -0.1) is 0 Å². The molecule has 0 spiro atoms. The van der Waals surface area contributed by atoms with Crippen LogP contribution in [-0.4, -0.2) is 20.2 Å². The summed E-state index contributed by atoms with van der Waals surface area (Å²) in [5, 5.41) is 4.20. The van der Waals surface area contributed by atoms with Gasteiger partial charge >= 0.3 is 0 Å². The fourth-order valence-electron chi connectivity index (χ4n) is 2.29. The Morgan fingerprint density at radius 2 is 1.90 bits per heavy atom. The van der Waals surface area contributed by atoms with Crippen molar-refractivity contribution < 1.29 is 4.74 Å². The Morgan fingerprint density at radius 1 is 1.10 bits per heavy atom. The van der Waals surface area contributed by atoms with E-state index in [0.29, 0.717) is 6.04 Å². The van der Waals surface area contributed by atoms with Crippen LogP contribution < -0.4 is 10.1 Å². The van der Waals surface area contributed by atoms with Crippen LogP contribution in [0, 0.1) is 0 Å². The molecule has 0 aliphatic heterocycles. The van der Waals surface area contributed by atoms with Gasteiger partial charge in [-0.3, -0.25) is 0 Å². The zero-order chi connectivity index (χ0) is 14.4. The largest absolute Gasteiger partial charge is 0.497 e. The van der Waals surface area contributed by atoms with Crippen molar-refractivity contribution in [1.82, 2.24) is 5.32 Å². The van der Waals surface area contributed by atoms with E-state index in [1.165, 1.54) is 11.1 Å². The summed E-state index contributed by atoms with van der Waals surface area (Å²) in [6.45, 7) is 0. The van der Waals surface area contributed by atoms with Gasteiger partial charge in [0.1, 0.15) is 5.75 Å². The van der Waals surface area contributed by atoms with Gasteiger partial charge in [0.25, 0.3) is 0 Å². The number of nitrogens with one attached hydrogen (secondary N) is 1. The molecule has 2 nitrogen and oxygen atoms in total. The van der Waals surface area contributed by atoms with Gasteiger partial charge < -0.3 is 10.1 Å². The van der Waals surface area contributed by atoms with Gasteiger partial charge in [-0.1, -0.05) is 41.9 Å². The zero-order valence-corrected chi connectivity index (χ0v) is 12.7. The molecule has 0 amide bonds. The van der Waals surface area contributed by atoms with Crippen molar-refractivity contribution in [3.05, 3.63) is 64.7 Å². The van der Waals surface area contributed by atoms with Crippen LogP contribution in [-0.2, 0) is 12.8 Å². The summed E-state index contributed by atoms with van der Waals surface area (Å²) in [4.78, 5) is 0. The van der Waals surface area contributed by atoms with Gasteiger partial charge in [0, 0.05) is 11.1 Å². The molecule has 1 atom stereocenters. The third kappa shape index (κ3) is 3.99. The summed E-state index contributed by atoms with van der Waals surface area (Å²) in [6, 6.07) is 16.6. The maximum absolute atomic E-state index is 6.23. The summed E-state index contributed by atoms with van der Waals surface area (Å²) in [5.74, 6) is 0.898. The minimum absolute atomic E-state index is 0.349. The first-order valence-electron chi connectivity index (χ1n) is 6.76. The summed E-state index contributed by atoms with van der Waals surface area (Å²) in [5.41, 5.74) is 2.44. The van der Waals surface area contributed by atoms with Crippen molar-refractivity contribution in [2.45, 2.75) is 18.9 Å². The second-order valence-electron chi connectivity index (χ2n) is 4.84. The van der Waals surface area contributed by atoms with Gasteiger partial charge in [0.15, 0.2) is 0 Å². The van der Waals surface area contributed by atoms with Gasteiger partial charge in [0.2, 0.25) is 0 Å². The second-order valence-corrected chi connectivity index (χ2v) is 5.24. The molecule has 0 radical (unpaired) electrons. The fraction of sp³-hybridized carbons (Fsp3) is 0.294. The van der Waals surface area contributed by atoms with Gasteiger partial charge in [-0.25, -0.2) is 0 Å². The molecule has 2 rings (SSSR count). The van der Waals surface area contributed by atoms with E-state index in [1.54, 1.807) is 7.11 Å². The Bertz CT molecular complexity index is 556. The van der Waals surface area contributed by atoms with E-state index in [0.717, 1.165) is 23.6 Å². The minimum atomic E-state index is 0.349. The highest BCUT2D eigenvalue weighted by Crippen LogP contribution is 2.19. The molecule has 0 bridgehead atoms. The number of ether oxygens (including phenoxy) is 1. The topological polar surface area (TPSA) is 21.3 Å². The first-order chi connectivity index (χ1) is 9.72. The van der Waals surface area contributed by atoms with Crippen LogP contribution in [0.3, 0.4) is 0 Å². The number of hydrogen-bond donors (Lipinski definition) is 1. The highest BCUT2D eigenvalue weighted by atomic mass is 35.5. The van der Waals surface area contributed by atoms with Gasteiger partial charge in [-0.05, 0) is 49.2 Å². The third-order valence-electron chi connectivity index (χ3n) is 3.45. The predicted molar refractivity (Wildman–Crippen MR) is 84.7 cm³/mol. The van der Waals surface area contributed by atoms with Crippen LogP contribution in [0.15, 0.2) is 48.5 Å². The van der Waals surface area contributed by atoms with Gasteiger partial charge in [0.05, 0.1) is 7.11 Å². The van der Waals surface area contributed by atoms with Crippen molar-refractivity contribution in [3.63, 3.8) is 0 Å². The first kappa shape index (κ1) is 14.9. The maximum atomic E-state index is 6.23. The number of rotatable bonds is 6. The van der Waals surface area contributed by atoms with Crippen LogP contribution in [0.4, 0.5) is 0 Å². The molecule has 1 N–H and O–H groups in total. The number of halogens is 1. The molecule has 0 saturated carbocycles. The fourth-order valence-corrected chi connectivity index (χ4v) is 2.50. The standard InChI is InChI=1S/C17H20ClNO/c1-19-15(12-14-7-3-4-9-17(14)18)10-13-6-5-8-16(11-13)20-2/h3-9,11,15,19H,10,12H2,1-2H3. The Kier molecular flexibility index (Phi) is 5.45. The number of hydrogen-bond acceptors (Lipinski definition) is 2. The lowest BCUT2D eigenvalue weighted by atomic mass is 9.99. The lowest BCUT2D eigenvalue weighted by Gasteiger charge is -2.17. The maximum Gasteiger partial charge on any atom is 0.119 e. The Labute approximate surface area is 125 Å². The number of benzene rings is 2. The van der Waals surface area contributed by atoms with Crippen molar-refractivity contribution in [3.8, 4) is 5.75 Å². The van der Waals surface area contributed by atoms with Crippen molar-refractivity contribution in [1.29, 1.82) is 0 Å². The van der Waals surface area contributed by atoms with E-state index >= 15 is 0 Å². The molecule has 106 valence electrons. The van der Waals surface area contributed by atoms with E-state index < -0.39 is 0 Å². The Hall–Kier alpha value is -1.51. The van der Waals surface area contributed by atoms with E-state index in [-0.39, 0.29) is 0 Å². The molecular formula is C17H20ClNO. The van der Waals surface area contributed by atoms with Crippen LogP contribution in [0.25, 0.3) is 0 Å². The molecular weight excluding hydrogens is 270 g/mol. The third-order valence-corrected chi connectivity index (χ3v) is 3.82. The Balaban J connectivity index is 2.07. The van der Waals surface area contributed by atoms with E-state index in [4.69, 9.17) is 16.3 Å².